The number of aromatic nitrogens is 3. The fourth-order valence-electron chi connectivity index (χ4n) is 21.4. The van der Waals surface area contributed by atoms with E-state index in [9.17, 15) is 0 Å². The lowest BCUT2D eigenvalue weighted by molar-refractivity contribution is 0.590. The molecular weight excluding hydrogens is 1560 g/mol. The number of nitrogens with zero attached hydrogens (tertiary/aromatic N) is 5. The highest BCUT2D eigenvalue weighted by molar-refractivity contribution is 6.14. The molecule has 0 saturated carbocycles. The molecule has 15 aromatic carbocycles. The van der Waals surface area contributed by atoms with E-state index in [4.69, 9.17) is 0 Å². The van der Waals surface area contributed by atoms with Gasteiger partial charge in [-0.25, -0.2) is 0 Å². The minimum absolute atomic E-state index is 0.0489. The molecule has 644 valence electrons. The highest BCUT2D eigenvalue weighted by atomic mass is 15.2. The van der Waals surface area contributed by atoms with Gasteiger partial charge in [0.05, 0.1) is 78.6 Å². The van der Waals surface area contributed by atoms with Gasteiger partial charge in [-0.15, -0.1) is 0 Å². The van der Waals surface area contributed by atoms with Gasteiger partial charge in [-0.3, -0.25) is 0 Å². The van der Waals surface area contributed by atoms with E-state index < -0.39 is 0 Å². The molecule has 0 spiro atoms. The lowest BCUT2D eigenvalue weighted by Gasteiger charge is -2.46. The van der Waals surface area contributed by atoms with Crippen LogP contribution >= 0.6 is 0 Å². The molecule has 5 heterocycles. The second-order valence-electron chi connectivity index (χ2n) is 45.9. The number of hydrogen-bond donors (Lipinski definition) is 0. The van der Waals surface area contributed by atoms with Gasteiger partial charge in [0.15, 0.2) is 0 Å². The van der Waals surface area contributed by atoms with Crippen molar-refractivity contribution in [3.63, 3.8) is 0 Å². The lowest BCUT2D eigenvalue weighted by atomic mass is 9.74. The van der Waals surface area contributed by atoms with Crippen LogP contribution in [0, 0.1) is 0 Å². The zero-order chi connectivity index (χ0) is 90.4. The average Bonchev–Trinajstić information content (AvgIpc) is 1.18. The maximum absolute atomic E-state index is 2.78. The van der Waals surface area contributed by atoms with E-state index in [0.29, 0.717) is 6.42 Å². The van der Waals surface area contributed by atoms with Crippen LogP contribution in [0.1, 0.15) is 244 Å². The second kappa shape index (κ2) is 28.9. The predicted octanol–water partition coefficient (Wildman–Crippen LogP) is 34.7. The Kier molecular flexibility index (Phi) is 18.6. The summed E-state index contributed by atoms with van der Waals surface area (Å²) in [6.07, 6.45) is 0.697. The predicted molar refractivity (Wildman–Crippen MR) is 554 cm³/mol. The van der Waals surface area contributed by atoms with Crippen molar-refractivity contribution in [3.8, 4) is 61.6 Å². The van der Waals surface area contributed by atoms with Gasteiger partial charge in [-0.2, -0.15) is 0 Å². The van der Waals surface area contributed by atoms with Gasteiger partial charge in [0.2, 0.25) is 0 Å². The van der Waals surface area contributed by atoms with Gasteiger partial charge in [0.25, 0.3) is 0 Å². The zero-order valence-corrected chi connectivity index (χ0v) is 80.2. The quantitative estimate of drug-likeness (QED) is 0.151. The van der Waals surface area contributed by atoms with Crippen molar-refractivity contribution in [1.29, 1.82) is 0 Å². The van der Waals surface area contributed by atoms with E-state index in [0.717, 1.165) is 62.2 Å². The van der Waals surface area contributed by atoms with E-state index in [1.165, 1.54) is 171 Å². The first-order chi connectivity index (χ1) is 61.0. The maximum atomic E-state index is 2.78. The minimum atomic E-state index is -0.281. The molecular formula is C124H123N5. The molecule has 3 aliphatic rings. The molecule has 0 saturated heterocycles. The fraction of sp³-hybridized carbons (Fsp3) is 0.274. The van der Waals surface area contributed by atoms with Crippen LogP contribution in [0.5, 0.6) is 0 Å². The Balaban J connectivity index is 0.925. The van der Waals surface area contributed by atoms with Crippen LogP contribution in [0.2, 0.25) is 0 Å². The number of fused-ring (bicyclic) bond motifs is 16. The van der Waals surface area contributed by atoms with Gasteiger partial charge in [-0.05, 0) is 271 Å². The molecule has 5 nitrogen and oxygen atoms in total. The normalized spacial score (nSPS) is 14.4. The third-order valence-corrected chi connectivity index (χ3v) is 28.9. The molecule has 0 N–H and O–H groups in total. The Hall–Kier alpha value is -12.7. The van der Waals surface area contributed by atoms with E-state index in [-0.39, 0.29) is 49.2 Å². The standard InChI is InChI=1S/C124H123N5/c1-117(2,3)78-39-31-38-76(60-78)77-44-52-90-110(61-77)129(116-92(74-34-27-25-28-35-74)68-85(124(22,23)24)69-93(116)75-36-29-26-30-37-75)113-72-87(126-106-56-47-81(120(10,11)12)64-96(106)97-65-82(121(13,14)15)48-57-107(97)126)71-112-115(113)114(90)91-53-51-86(125-104-54-45-79(118(4,5)6)62-94(104)95-63-80(119(7,8)9)46-55-105(95)125)70-111(91)128(112)103-43-33-41-89-88-40-32-42-102(100(88)73-101(89)103)127-108-58-49-83(122(16,17)18)66-98(108)99-67-84(123(19,20)21)50-59-109(99)127/h25-72,114H,73H2,1-24H3. The van der Waals surface area contributed by atoms with Crippen LogP contribution in [0.3, 0.4) is 0 Å². The average molecular weight is 1680 g/mol. The Morgan fingerprint density at radius 1 is 0.209 bits per heavy atom. The summed E-state index contributed by atoms with van der Waals surface area (Å²) < 4.78 is 7.86. The monoisotopic (exact) mass is 1680 g/mol. The molecule has 0 fully saturated rings. The molecule has 3 aromatic heterocycles. The van der Waals surface area contributed by atoms with Crippen LogP contribution in [0.25, 0.3) is 127 Å². The summed E-state index contributed by atoms with van der Waals surface area (Å²) in [6, 6.07) is 116. The molecule has 1 atom stereocenters. The highest BCUT2D eigenvalue weighted by Gasteiger charge is 2.45. The minimum Gasteiger partial charge on any atom is -0.309 e. The van der Waals surface area contributed by atoms with E-state index in [1.807, 2.05) is 0 Å². The van der Waals surface area contributed by atoms with Crippen molar-refractivity contribution in [2.75, 3.05) is 9.80 Å². The van der Waals surface area contributed by atoms with Crippen molar-refractivity contribution < 1.29 is 0 Å². The maximum Gasteiger partial charge on any atom is 0.0618 e. The molecule has 1 aliphatic carbocycles. The van der Waals surface area contributed by atoms with Crippen LogP contribution in [0.4, 0.5) is 34.1 Å². The molecule has 0 radical (unpaired) electrons. The van der Waals surface area contributed by atoms with Crippen molar-refractivity contribution in [2.45, 2.75) is 222 Å². The summed E-state index contributed by atoms with van der Waals surface area (Å²) in [5.74, 6) is -0.281. The Bertz CT molecular complexity index is 7420. The Labute approximate surface area is 764 Å². The van der Waals surface area contributed by atoms with Crippen molar-refractivity contribution in [1.82, 2.24) is 13.7 Å². The van der Waals surface area contributed by atoms with Gasteiger partial charge in [0.1, 0.15) is 0 Å². The van der Waals surface area contributed by atoms with Gasteiger partial charge >= 0.3 is 0 Å². The van der Waals surface area contributed by atoms with Crippen molar-refractivity contribution >= 4 is 99.5 Å². The van der Waals surface area contributed by atoms with Crippen LogP contribution in [-0.4, -0.2) is 13.7 Å². The van der Waals surface area contributed by atoms with E-state index in [2.05, 4.69) is 481 Å². The number of anilines is 6. The fourth-order valence-corrected chi connectivity index (χ4v) is 21.4. The molecule has 2 aliphatic heterocycles. The zero-order valence-electron chi connectivity index (χ0n) is 80.2. The summed E-state index contributed by atoms with van der Waals surface area (Å²) in [4.78, 5) is 5.56. The molecule has 129 heavy (non-hydrogen) atoms. The molecule has 5 heteroatoms. The lowest BCUT2D eigenvalue weighted by Crippen LogP contribution is -2.30. The summed E-state index contributed by atoms with van der Waals surface area (Å²) in [5, 5.41) is 7.60. The summed E-state index contributed by atoms with van der Waals surface area (Å²) >= 11 is 0. The number of rotatable bonds is 8. The third-order valence-electron chi connectivity index (χ3n) is 28.9. The molecule has 1 unspecified atom stereocenters. The topological polar surface area (TPSA) is 21.3 Å². The Morgan fingerprint density at radius 2 is 0.535 bits per heavy atom. The Morgan fingerprint density at radius 3 is 0.946 bits per heavy atom. The second-order valence-corrected chi connectivity index (χ2v) is 45.9. The largest absolute Gasteiger partial charge is 0.309 e. The first kappa shape index (κ1) is 83.2. The molecule has 18 aromatic rings. The van der Waals surface area contributed by atoms with Crippen LogP contribution in [0.15, 0.2) is 291 Å². The third kappa shape index (κ3) is 13.6. The van der Waals surface area contributed by atoms with Crippen molar-refractivity contribution in [2.24, 2.45) is 0 Å². The van der Waals surface area contributed by atoms with E-state index >= 15 is 0 Å². The van der Waals surface area contributed by atoms with Gasteiger partial charge in [-0.1, -0.05) is 330 Å². The first-order valence-corrected chi connectivity index (χ1v) is 47.0. The number of hydrogen-bond acceptors (Lipinski definition) is 2. The number of benzene rings is 15. The van der Waals surface area contributed by atoms with Gasteiger partial charge in [0, 0.05) is 67.0 Å². The molecule has 0 amide bonds. The molecule has 21 rings (SSSR count). The van der Waals surface area contributed by atoms with Crippen molar-refractivity contribution in [3.05, 3.63) is 364 Å². The highest BCUT2D eigenvalue weighted by Crippen LogP contribution is 2.65. The summed E-state index contributed by atoms with van der Waals surface area (Å²) in [6.45, 7) is 56.5. The summed E-state index contributed by atoms with van der Waals surface area (Å²) in [7, 11) is 0. The first-order valence-electron chi connectivity index (χ1n) is 47.0. The molecule has 0 bridgehead atoms. The van der Waals surface area contributed by atoms with E-state index in [1.54, 1.807) is 0 Å². The summed E-state index contributed by atoms with van der Waals surface area (Å²) in [5.41, 5.74) is 43.0. The smallest absolute Gasteiger partial charge is 0.0618 e. The van der Waals surface area contributed by atoms with Crippen LogP contribution < -0.4 is 9.80 Å². The van der Waals surface area contributed by atoms with Gasteiger partial charge < -0.3 is 23.5 Å². The SMILES string of the molecule is CC(C)(C)c1cccc(-c2ccc3c(c2)N(c2c(-c4ccccc4)cc(C(C)(C)C)cc2-c2ccccc2)c2cc(-n4c5ccc(C(C)(C)C)cc5c5cc(C(C)(C)C)ccc54)cc4c2C3c2ccc(-n3c5ccc(C(C)(C)C)cc5c5cc(C(C)(C)C)ccc53)cc2N4c2cccc3c2Cc2c-3cccc2-n2c3ccc(C(C)(C)C)cc3c3cc(C(C)(C)C)ccc32)c1. The van der Waals surface area contributed by atoms with Crippen LogP contribution in [-0.2, 0) is 49.7 Å².